The van der Waals surface area contributed by atoms with Crippen molar-refractivity contribution >= 4 is 16.9 Å². The molecule has 2 aromatic carbocycles. The maximum Gasteiger partial charge on any atom is 0.320 e. The molecule has 0 amide bonds. The van der Waals surface area contributed by atoms with E-state index in [0.29, 0.717) is 12.3 Å². The Morgan fingerprint density at radius 2 is 1.96 bits per heavy atom. The zero-order valence-electron chi connectivity index (χ0n) is 13.9. The van der Waals surface area contributed by atoms with E-state index in [9.17, 15) is 4.79 Å². The summed E-state index contributed by atoms with van der Waals surface area (Å²) in [5.41, 5.74) is 11.2. The van der Waals surface area contributed by atoms with Crippen LogP contribution in [0.25, 0.3) is 22.0 Å². The Morgan fingerprint density at radius 3 is 2.67 bits per heavy atom. The molecule has 0 aliphatic carbocycles. The summed E-state index contributed by atoms with van der Waals surface area (Å²) in [4.78, 5) is 14.3. The Balaban J connectivity index is 2.06. The third-order valence-corrected chi connectivity index (χ3v) is 4.42. The van der Waals surface area contributed by atoms with E-state index in [2.05, 4.69) is 49.2 Å². The van der Waals surface area contributed by atoms with Gasteiger partial charge in [-0.1, -0.05) is 56.3 Å². The van der Waals surface area contributed by atoms with Crippen molar-refractivity contribution < 1.29 is 9.90 Å². The highest BCUT2D eigenvalue weighted by molar-refractivity contribution is 5.96. The van der Waals surface area contributed by atoms with Gasteiger partial charge in [-0.3, -0.25) is 4.79 Å². The van der Waals surface area contributed by atoms with Gasteiger partial charge in [-0.05, 0) is 22.6 Å². The minimum absolute atomic E-state index is 0.310. The first-order valence-electron chi connectivity index (χ1n) is 8.15. The lowest BCUT2D eigenvalue weighted by molar-refractivity contribution is -0.138. The average molecular weight is 322 g/mol. The maximum absolute atomic E-state index is 11.0. The van der Waals surface area contributed by atoms with Gasteiger partial charge in [0.2, 0.25) is 0 Å². The van der Waals surface area contributed by atoms with E-state index >= 15 is 0 Å². The van der Waals surface area contributed by atoms with Crippen LogP contribution in [-0.2, 0) is 11.2 Å². The number of carbonyl (C=O) groups is 1. The van der Waals surface area contributed by atoms with Crippen LogP contribution < -0.4 is 5.73 Å². The molecular formula is C20H22N2O2. The quantitative estimate of drug-likeness (QED) is 0.666. The van der Waals surface area contributed by atoms with Crippen LogP contribution in [0.4, 0.5) is 0 Å². The van der Waals surface area contributed by atoms with Crippen LogP contribution in [0.2, 0.25) is 0 Å². The maximum atomic E-state index is 11.0. The molecule has 0 bridgehead atoms. The molecule has 1 atom stereocenters. The number of aliphatic carboxylic acids is 1. The van der Waals surface area contributed by atoms with E-state index in [1.54, 1.807) is 0 Å². The van der Waals surface area contributed by atoms with E-state index < -0.39 is 12.0 Å². The second-order valence-electron chi connectivity index (χ2n) is 6.47. The van der Waals surface area contributed by atoms with Crippen molar-refractivity contribution in [1.29, 1.82) is 0 Å². The molecule has 4 nitrogen and oxygen atoms in total. The van der Waals surface area contributed by atoms with E-state index in [-0.39, 0.29) is 0 Å². The molecule has 0 spiro atoms. The van der Waals surface area contributed by atoms with E-state index in [4.69, 9.17) is 10.8 Å². The summed E-state index contributed by atoms with van der Waals surface area (Å²) in [5.74, 6) is -0.512. The Kier molecular flexibility index (Phi) is 4.40. The van der Waals surface area contributed by atoms with Crippen molar-refractivity contribution in [3.63, 3.8) is 0 Å². The van der Waals surface area contributed by atoms with E-state index in [1.165, 1.54) is 5.56 Å². The Hall–Kier alpha value is -2.59. The van der Waals surface area contributed by atoms with Crippen LogP contribution >= 0.6 is 0 Å². The van der Waals surface area contributed by atoms with Crippen molar-refractivity contribution in [1.82, 2.24) is 4.98 Å². The average Bonchev–Trinajstić information content (AvgIpc) is 2.98. The van der Waals surface area contributed by atoms with Gasteiger partial charge < -0.3 is 15.8 Å². The fourth-order valence-corrected chi connectivity index (χ4v) is 3.01. The molecule has 3 rings (SSSR count). The van der Waals surface area contributed by atoms with Crippen LogP contribution in [0.15, 0.2) is 48.7 Å². The lowest BCUT2D eigenvalue weighted by Crippen LogP contribution is -2.32. The number of nitrogens with two attached hydrogens (primary N) is 1. The molecule has 0 fully saturated rings. The fourth-order valence-electron chi connectivity index (χ4n) is 3.01. The summed E-state index contributed by atoms with van der Waals surface area (Å²) in [6.07, 6.45) is 2.17. The molecule has 0 radical (unpaired) electrons. The molecule has 0 saturated heterocycles. The second-order valence-corrected chi connectivity index (χ2v) is 6.47. The fraction of sp³-hybridized carbons (Fsp3) is 0.250. The van der Waals surface area contributed by atoms with Crippen LogP contribution in [0, 0.1) is 0 Å². The molecule has 0 aliphatic rings. The molecule has 0 aliphatic heterocycles. The van der Waals surface area contributed by atoms with Crippen molar-refractivity contribution in [2.24, 2.45) is 5.73 Å². The number of carboxylic acid groups (broad SMARTS) is 1. The zero-order valence-corrected chi connectivity index (χ0v) is 13.9. The summed E-state index contributed by atoms with van der Waals surface area (Å²) >= 11 is 0. The first kappa shape index (κ1) is 16.3. The zero-order chi connectivity index (χ0) is 17.3. The van der Waals surface area contributed by atoms with Gasteiger partial charge >= 0.3 is 5.97 Å². The monoisotopic (exact) mass is 322 g/mol. The van der Waals surface area contributed by atoms with Gasteiger partial charge in [0.25, 0.3) is 0 Å². The molecule has 1 aromatic heterocycles. The Bertz CT molecular complexity index is 880. The molecule has 124 valence electrons. The topological polar surface area (TPSA) is 79.1 Å². The molecule has 4 heteroatoms. The Morgan fingerprint density at radius 1 is 1.21 bits per heavy atom. The van der Waals surface area contributed by atoms with Gasteiger partial charge in [0, 0.05) is 23.6 Å². The van der Waals surface area contributed by atoms with Crippen molar-refractivity contribution in [2.45, 2.75) is 32.2 Å². The van der Waals surface area contributed by atoms with Crippen LogP contribution in [0.5, 0.6) is 0 Å². The molecule has 1 heterocycles. The summed E-state index contributed by atoms with van der Waals surface area (Å²) in [5, 5.41) is 10.1. The SMILES string of the molecule is CC(C)c1cccc(-c2cccc3c(C[C@H](N)C(=O)O)c[nH]c23)c1. The predicted molar refractivity (Wildman–Crippen MR) is 97.1 cm³/mol. The number of aromatic nitrogens is 1. The van der Waals surface area contributed by atoms with E-state index in [1.807, 2.05) is 18.3 Å². The molecule has 24 heavy (non-hydrogen) atoms. The van der Waals surface area contributed by atoms with Gasteiger partial charge in [-0.2, -0.15) is 0 Å². The molecule has 4 N–H and O–H groups in total. The first-order chi connectivity index (χ1) is 11.5. The number of hydrogen-bond donors (Lipinski definition) is 3. The summed E-state index contributed by atoms with van der Waals surface area (Å²) in [7, 11) is 0. The van der Waals surface area contributed by atoms with Gasteiger partial charge in [0.15, 0.2) is 0 Å². The lowest BCUT2D eigenvalue weighted by atomic mass is 9.95. The summed E-state index contributed by atoms with van der Waals surface area (Å²) in [6, 6.07) is 13.7. The van der Waals surface area contributed by atoms with Gasteiger partial charge in [0.1, 0.15) is 6.04 Å². The van der Waals surface area contributed by atoms with Crippen molar-refractivity contribution in [3.05, 3.63) is 59.8 Å². The lowest BCUT2D eigenvalue weighted by Gasteiger charge is -2.10. The van der Waals surface area contributed by atoms with Crippen molar-refractivity contribution in [3.8, 4) is 11.1 Å². The summed E-state index contributed by atoms with van der Waals surface area (Å²) < 4.78 is 0. The van der Waals surface area contributed by atoms with Crippen LogP contribution in [0.3, 0.4) is 0 Å². The number of nitrogens with one attached hydrogen (secondary N) is 1. The third-order valence-electron chi connectivity index (χ3n) is 4.42. The number of benzene rings is 2. The number of carboxylic acids is 1. The van der Waals surface area contributed by atoms with Crippen molar-refractivity contribution in [2.75, 3.05) is 0 Å². The number of aromatic amines is 1. The molecule has 0 unspecified atom stereocenters. The standard InChI is InChI=1S/C20H22N2O2/c1-12(2)13-5-3-6-14(9-13)16-7-4-8-17-15(11-22-19(16)17)10-18(21)20(23)24/h3-9,11-12,18,22H,10,21H2,1-2H3,(H,23,24)/t18-/m0/s1. The minimum Gasteiger partial charge on any atom is -0.480 e. The highest BCUT2D eigenvalue weighted by atomic mass is 16.4. The van der Waals surface area contributed by atoms with Crippen LogP contribution in [0.1, 0.15) is 30.9 Å². The molecular weight excluding hydrogens is 300 g/mol. The highest BCUT2D eigenvalue weighted by Gasteiger charge is 2.16. The van der Waals surface area contributed by atoms with Gasteiger partial charge in [-0.25, -0.2) is 0 Å². The second kappa shape index (κ2) is 6.49. The van der Waals surface area contributed by atoms with E-state index in [0.717, 1.165) is 27.6 Å². The third kappa shape index (κ3) is 3.05. The normalized spacial score (nSPS) is 12.7. The number of para-hydroxylation sites is 1. The highest BCUT2D eigenvalue weighted by Crippen LogP contribution is 2.31. The number of fused-ring (bicyclic) bond motifs is 1. The van der Waals surface area contributed by atoms with Crippen LogP contribution in [-0.4, -0.2) is 22.1 Å². The minimum atomic E-state index is -0.981. The smallest absolute Gasteiger partial charge is 0.320 e. The largest absolute Gasteiger partial charge is 0.480 e. The van der Waals surface area contributed by atoms with Gasteiger partial charge in [0.05, 0.1) is 5.52 Å². The first-order valence-corrected chi connectivity index (χ1v) is 8.15. The predicted octanol–water partition coefficient (Wildman–Crippen LogP) is 3.91. The Labute approximate surface area is 141 Å². The van der Waals surface area contributed by atoms with Gasteiger partial charge in [-0.15, -0.1) is 0 Å². The number of rotatable bonds is 5. The summed E-state index contributed by atoms with van der Waals surface area (Å²) in [6.45, 7) is 4.36. The molecule has 0 saturated carbocycles. The molecule has 3 aromatic rings. The number of hydrogen-bond acceptors (Lipinski definition) is 2. The number of H-pyrrole nitrogens is 1.